The number of aromatic nitrogens is 2. The number of benzene rings is 2. The molecule has 0 unspecified atom stereocenters. The maximum Gasteiger partial charge on any atom is 0.274 e. The van der Waals surface area contributed by atoms with E-state index in [4.69, 9.17) is 0 Å². The first kappa shape index (κ1) is 26.1. The number of nitrogens with zero attached hydrogens (tertiary/aromatic N) is 2. The molecule has 4 rings (SSSR count). The normalized spacial score (nSPS) is 10.5. The third-order valence-electron chi connectivity index (χ3n) is 6.48. The standard InChI is InChI=1S/C30H26N4O4/c1-17-11-27(31-13-21(17)15-35)29(37)33-25-9-5-7-23(19(25)3)24-8-6-10-26(20(24)4)34-30(38)28-12-18(2)22(16-36)14-32-28/h5-16H,1-4H3,(H,33,37)(H,34,38). The smallest absolute Gasteiger partial charge is 0.274 e. The van der Waals surface area contributed by atoms with Gasteiger partial charge in [0.2, 0.25) is 0 Å². The van der Waals surface area contributed by atoms with Gasteiger partial charge in [-0.3, -0.25) is 29.1 Å². The third-order valence-corrected chi connectivity index (χ3v) is 6.48. The molecule has 0 radical (unpaired) electrons. The molecule has 0 aliphatic rings. The molecule has 0 saturated carbocycles. The van der Waals surface area contributed by atoms with Crippen molar-refractivity contribution in [1.82, 2.24) is 9.97 Å². The van der Waals surface area contributed by atoms with Gasteiger partial charge in [0.05, 0.1) is 0 Å². The van der Waals surface area contributed by atoms with Crippen molar-refractivity contribution >= 4 is 35.8 Å². The van der Waals surface area contributed by atoms with E-state index in [0.29, 0.717) is 46.2 Å². The van der Waals surface area contributed by atoms with Gasteiger partial charge in [0.1, 0.15) is 11.4 Å². The van der Waals surface area contributed by atoms with Crippen molar-refractivity contribution in [1.29, 1.82) is 0 Å². The summed E-state index contributed by atoms with van der Waals surface area (Å²) in [7, 11) is 0. The molecular weight excluding hydrogens is 480 g/mol. The van der Waals surface area contributed by atoms with Crippen molar-refractivity contribution in [2.75, 3.05) is 10.6 Å². The lowest BCUT2D eigenvalue weighted by atomic mass is 9.94. The van der Waals surface area contributed by atoms with Crippen molar-refractivity contribution in [2.24, 2.45) is 0 Å². The lowest BCUT2D eigenvalue weighted by Crippen LogP contribution is -2.16. The highest BCUT2D eigenvalue weighted by Crippen LogP contribution is 2.34. The maximum absolute atomic E-state index is 12.9. The molecule has 0 aliphatic heterocycles. The van der Waals surface area contributed by atoms with E-state index in [1.807, 2.05) is 38.1 Å². The first-order valence-corrected chi connectivity index (χ1v) is 11.9. The summed E-state index contributed by atoms with van der Waals surface area (Å²) in [5.74, 6) is -0.765. The van der Waals surface area contributed by atoms with Gasteiger partial charge in [0, 0.05) is 34.9 Å². The number of nitrogens with one attached hydrogen (secondary N) is 2. The van der Waals surface area contributed by atoms with Crippen LogP contribution in [0.3, 0.4) is 0 Å². The fraction of sp³-hybridized carbons (Fsp3) is 0.133. The predicted octanol–water partition coefficient (Wildman–Crippen LogP) is 5.51. The minimum atomic E-state index is -0.382. The second-order valence-electron chi connectivity index (χ2n) is 8.95. The molecule has 8 nitrogen and oxygen atoms in total. The lowest BCUT2D eigenvalue weighted by molar-refractivity contribution is 0.101. The van der Waals surface area contributed by atoms with Crippen LogP contribution in [-0.2, 0) is 0 Å². The van der Waals surface area contributed by atoms with Crippen LogP contribution in [0.15, 0.2) is 60.9 Å². The SMILES string of the molecule is Cc1cc(C(=O)Nc2cccc(-c3cccc(NC(=O)c4cc(C)c(C=O)cn4)c3C)c2C)ncc1C=O. The van der Waals surface area contributed by atoms with Crippen molar-refractivity contribution in [3.05, 3.63) is 106 Å². The Kier molecular flexibility index (Phi) is 7.53. The number of carbonyl (C=O) groups excluding carboxylic acids is 4. The minimum absolute atomic E-state index is 0.212. The molecule has 0 spiro atoms. The molecular formula is C30H26N4O4. The van der Waals surface area contributed by atoms with Gasteiger partial charge in [0.15, 0.2) is 12.6 Å². The Bertz CT molecular complexity index is 1470. The van der Waals surface area contributed by atoms with Crippen LogP contribution < -0.4 is 10.6 Å². The van der Waals surface area contributed by atoms with Gasteiger partial charge in [-0.1, -0.05) is 24.3 Å². The first-order chi connectivity index (χ1) is 18.2. The zero-order valence-electron chi connectivity index (χ0n) is 21.5. The number of amides is 2. The number of anilines is 2. The number of hydrogen-bond acceptors (Lipinski definition) is 6. The van der Waals surface area contributed by atoms with Crippen molar-refractivity contribution in [3.63, 3.8) is 0 Å². The molecule has 0 fully saturated rings. The van der Waals surface area contributed by atoms with Gasteiger partial charge in [-0.25, -0.2) is 0 Å². The van der Waals surface area contributed by atoms with E-state index in [0.717, 1.165) is 22.3 Å². The van der Waals surface area contributed by atoms with Crippen molar-refractivity contribution in [3.8, 4) is 11.1 Å². The van der Waals surface area contributed by atoms with Gasteiger partial charge >= 0.3 is 0 Å². The molecule has 2 aromatic carbocycles. The van der Waals surface area contributed by atoms with Crippen LogP contribution in [0.5, 0.6) is 0 Å². The summed E-state index contributed by atoms with van der Waals surface area (Å²) in [6.45, 7) is 7.32. The molecule has 0 bridgehead atoms. The highest BCUT2D eigenvalue weighted by Gasteiger charge is 2.16. The Morgan fingerprint density at radius 2 is 1.05 bits per heavy atom. The number of pyridine rings is 2. The van der Waals surface area contributed by atoms with Crippen LogP contribution in [0.1, 0.15) is 63.9 Å². The monoisotopic (exact) mass is 506 g/mol. The summed E-state index contributed by atoms with van der Waals surface area (Å²) in [4.78, 5) is 56.1. The second kappa shape index (κ2) is 11.0. The minimum Gasteiger partial charge on any atom is -0.320 e. The average Bonchev–Trinajstić information content (AvgIpc) is 2.91. The fourth-order valence-corrected chi connectivity index (χ4v) is 4.13. The highest BCUT2D eigenvalue weighted by atomic mass is 16.2. The molecule has 2 aromatic heterocycles. The summed E-state index contributed by atoms with van der Waals surface area (Å²) >= 11 is 0. The number of aryl methyl sites for hydroxylation is 2. The summed E-state index contributed by atoms with van der Waals surface area (Å²) in [5.41, 5.74) is 7.35. The van der Waals surface area contributed by atoms with Gasteiger partial charge in [0.25, 0.3) is 11.8 Å². The van der Waals surface area contributed by atoms with E-state index in [1.165, 1.54) is 12.4 Å². The Labute approximate surface area is 220 Å². The van der Waals surface area contributed by atoms with Gasteiger partial charge < -0.3 is 10.6 Å². The summed E-state index contributed by atoms with van der Waals surface area (Å²) in [6.07, 6.45) is 4.18. The number of carbonyl (C=O) groups is 4. The van der Waals surface area contributed by atoms with Crippen LogP contribution in [0.25, 0.3) is 11.1 Å². The van der Waals surface area contributed by atoms with Crippen LogP contribution in [-0.4, -0.2) is 34.4 Å². The molecule has 0 atom stereocenters. The zero-order valence-corrected chi connectivity index (χ0v) is 21.5. The molecule has 4 aromatic rings. The number of hydrogen-bond donors (Lipinski definition) is 2. The first-order valence-electron chi connectivity index (χ1n) is 11.9. The number of aldehydes is 2. The topological polar surface area (TPSA) is 118 Å². The summed E-state index contributed by atoms with van der Waals surface area (Å²) in [6, 6.07) is 14.4. The Hall–Kier alpha value is -4.98. The van der Waals surface area contributed by atoms with E-state index >= 15 is 0 Å². The Morgan fingerprint density at radius 1 is 0.658 bits per heavy atom. The second-order valence-corrected chi connectivity index (χ2v) is 8.95. The molecule has 2 heterocycles. The Balaban J connectivity index is 1.60. The van der Waals surface area contributed by atoms with Crippen LogP contribution >= 0.6 is 0 Å². The molecule has 2 amide bonds. The fourth-order valence-electron chi connectivity index (χ4n) is 4.13. The average molecular weight is 507 g/mol. The Morgan fingerprint density at radius 3 is 1.39 bits per heavy atom. The van der Waals surface area contributed by atoms with Crippen molar-refractivity contribution < 1.29 is 19.2 Å². The largest absolute Gasteiger partial charge is 0.320 e. The van der Waals surface area contributed by atoms with E-state index in [1.54, 1.807) is 38.1 Å². The van der Waals surface area contributed by atoms with Crippen LogP contribution in [0.4, 0.5) is 11.4 Å². The van der Waals surface area contributed by atoms with Gasteiger partial charge in [-0.15, -0.1) is 0 Å². The van der Waals surface area contributed by atoms with Crippen LogP contribution in [0, 0.1) is 27.7 Å². The summed E-state index contributed by atoms with van der Waals surface area (Å²) < 4.78 is 0. The maximum atomic E-state index is 12.9. The lowest BCUT2D eigenvalue weighted by Gasteiger charge is -2.17. The van der Waals surface area contributed by atoms with E-state index in [2.05, 4.69) is 20.6 Å². The molecule has 2 N–H and O–H groups in total. The van der Waals surface area contributed by atoms with E-state index in [9.17, 15) is 19.2 Å². The van der Waals surface area contributed by atoms with Crippen molar-refractivity contribution in [2.45, 2.75) is 27.7 Å². The molecule has 0 aliphatic carbocycles. The summed E-state index contributed by atoms with van der Waals surface area (Å²) in [5, 5.41) is 5.82. The number of rotatable bonds is 7. The molecule has 8 heteroatoms. The zero-order chi connectivity index (χ0) is 27.4. The third kappa shape index (κ3) is 5.24. The van der Waals surface area contributed by atoms with Gasteiger partial charge in [-0.05, 0) is 85.3 Å². The molecule has 0 saturated heterocycles. The molecule has 190 valence electrons. The highest BCUT2D eigenvalue weighted by molar-refractivity contribution is 6.05. The predicted molar refractivity (Wildman–Crippen MR) is 146 cm³/mol. The van der Waals surface area contributed by atoms with E-state index in [-0.39, 0.29) is 23.2 Å². The molecule has 38 heavy (non-hydrogen) atoms. The van der Waals surface area contributed by atoms with Gasteiger partial charge in [-0.2, -0.15) is 0 Å². The quantitative estimate of drug-likeness (QED) is 0.319. The van der Waals surface area contributed by atoms with E-state index < -0.39 is 0 Å². The van der Waals surface area contributed by atoms with Crippen LogP contribution in [0.2, 0.25) is 0 Å².